The second kappa shape index (κ2) is 5.15. The van der Waals surface area contributed by atoms with Crippen molar-refractivity contribution in [2.45, 2.75) is 18.3 Å². The third kappa shape index (κ3) is 2.61. The highest BCUT2D eigenvalue weighted by atomic mass is 35.5. The first-order valence-corrected chi connectivity index (χ1v) is 6.96. The van der Waals surface area contributed by atoms with Gasteiger partial charge in [-0.2, -0.15) is 5.26 Å². The summed E-state index contributed by atoms with van der Waals surface area (Å²) < 4.78 is 0. The zero-order valence-electron chi connectivity index (χ0n) is 10.9. The Kier molecular flexibility index (Phi) is 3.33. The lowest BCUT2D eigenvalue weighted by molar-refractivity contribution is 0.730. The van der Waals surface area contributed by atoms with Crippen LogP contribution in [0.3, 0.4) is 0 Å². The van der Waals surface area contributed by atoms with Gasteiger partial charge in [0.2, 0.25) is 0 Å². The molecule has 4 heteroatoms. The van der Waals surface area contributed by atoms with E-state index >= 15 is 0 Å². The molecule has 0 saturated heterocycles. The van der Waals surface area contributed by atoms with Crippen molar-refractivity contribution >= 4 is 17.4 Å². The van der Waals surface area contributed by atoms with Crippen LogP contribution in [0.2, 0.25) is 5.02 Å². The van der Waals surface area contributed by atoms with Gasteiger partial charge in [0.25, 0.3) is 0 Å². The molecule has 1 N–H and O–H groups in total. The zero-order valence-corrected chi connectivity index (χ0v) is 11.7. The van der Waals surface area contributed by atoms with Crippen LogP contribution in [0.4, 0.5) is 5.82 Å². The molecule has 20 heavy (non-hydrogen) atoms. The molecular formula is C16H14ClN3. The molecule has 0 spiro atoms. The SMILES string of the molecule is N#Cc1ccc(NCC2(c3ccc(Cl)cc3)CC2)nc1. The second-order valence-electron chi connectivity index (χ2n) is 5.18. The highest BCUT2D eigenvalue weighted by molar-refractivity contribution is 6.30. The fourth-order valence-corrected chi connectivity index (χ4v) is 2.47. The number of hydrogen-bond donors (Lipinski definition) is 1. The van der Waals surface area contributed by atoms with Crippen LogP contribution < -0.4 is 5.32 Å². The molecule has 0 atom stereocenters. The summed E-state index contributed by atoms with van der Waals surface area (Å²) in [5.74, 6) is 0.809. The van der Waals surface area contributed by atoms with E-state index in [0.29, 0.717) is 5.56 Å². The molecule has 0 aliphatic heterocycles. The number of benzene rings is 1. The molecule has 0 bridgehead atoms. The van der Waals surface area contributed by atoms with Crippen LogP contribution in [-0.4, -0.2) is 11.5 Å². The number of pyridine rings is 1. The number of rotatable bonds is 4. The highest BCUT2D eigenvalue weighted by Gasteiger charge is 2.43. The summed E-state index contributed by atoms with van der Waals surface area (Å²) in [7, 11) is 0. The van der Waals surface area contributed by atoms with Crippen molar-refractivity contribution in [1.82, 2.24) is 4.98 Å². The maximum absolute atomic E-state index is 8.75. The minimum atomic E-state index is 0.209. The van der Waals surface area contributed by atoms with Crippen LogP contribution in [0, 0.1) is 11.3 Å². The first-order chi connectivity index (χ1) is 9.72. The molecule has 1 aliphatic rings. The molecule has 0 amide bonds. The lowest BCUT2D eigenvalue weighted by Gasteiger charge is -2.17. The second-order valence-corrected chi connectivity index (χ2v) is 5.62. The van der Waals surface area contributed by atoms with Gasteiger partial charge in [-0.05, 0) is 42.7 Å². The quantitative estimate of drug-likeness (QED) is 0.929. The molecule has 0 unspecified atom stereocenters. The molecular weight excluding hydrogens is 270 g/mol. The van der Waals surface area contributed by atoms with E-state index in [9.17, 15) is 0 Å². The first kappa shape index (κ1) is 13.0. The Balaban J connectivity index is 1.68. The predicted octanol–water partition coefficient (Wildman–Crippen LogP) is 3.75. The zero-order chi connectivity index (χ0) is 14.0. The average Bonchev–Trinajstić information content (AvgIpc) is 3.27. The van der Waals surface area contributed by atoms with Gasteiger partial charge in [-0.15, -0.1) is 0 Å². The number of nitrogens with one attached hydrogen (secondary N) is 1. The van der Waals surface area contributed by atoms with Crippen molar-refractivity contribution in [1.29, 1.82) is 5.26 Å². The summed E-state index contributed by atoms with van der Waals surface area (Å²) in [6, 6.07) is 13.8. The van der Waals surface area contributed by atoms with Gasteiger partial charge in [0.05, 0.1) is 5.56 Å². The molecule has 1 fully saturated rings. The lowest BCUT2D eigenvalue weighted by Crippen LogP contribution is -2.20. The lowest BCUT2D eigenvalue weighted by atomic mass is 9.96. The van der Waals surface area contributed by atoms with Gasteiger partial charge in [-0.1, -0.05) is 23.7 Å². The third-order valence-electron chi connectivity index (χ3n) is 3.81. The number of aromatic nitrogens is 1. The monoisotopic (exact) mass is 283 g/mol. The van der Waals surface area contributed by atoms with E-state index in [1.165, 1.54) is 18.4 Å². The van der Waals surface area contributed by atoms with Crippen molar-refractivity contribution < 1.29 is 0 Å². The molecule has 1 aliphatic carbocycles. The average molecular weight is 284 g/mol. The van der Waals surface area contributed by atoms with Crippen LogP contribution >= 0.6 is 11.6 Å². The van der Waals surface area contributed by atoms with Crippen LogP contribution in [-0.2, 0) is 5.41 Å². The highest BCUT2D eigenvalue weighted by Crippen LogP contribution is 2.48. The number of nitriles is 1. The number of halogens is 1. The molecule has 2 aromatic rings. The van der Waals surface area contributed by atoms with Crippen LogP contribution in [0.5, 0.6) is 0 Å². The fraction of sp³-hybridized carbons (Fsp3) is 0.250. The van der Waals surface area contributed by atoms with Crippen LogP contribution in [0.1, 0.15) is 24.0 Å². The van der Waals surface area contributed by atoms with E-state index in [1.807, 2.05) is 18.2 Å². The number of anilines is 1. The van der Waals surface area contributed by atoms with E-state index in [-0.39, 0.29) is 5.41 Å². The fourth-order valence-electron chi connectivity index (χ4n) is 2.35. The Bertz CT molecular complexity index is 637. The van der Waals surface area contributed by atoms with Gasteiger partial charge >= 0.3 is 0 Å². The summed E-state index contributed by atoms with van der Waals surface area (Å²) in [4.78, 5) is 4.23. The van der Waals surface area contributed by atoms with E-state index in [2.05, 4.69) is 28.5 Å². The van der Waals surface area contributed by atoms with Crippen molar-refractivity contribution in [3.8, 4) is 6.07 Å². The van der Waals surface area contributed by atoms with Gasteiger partial charge in [-0.3, -0.25) is 0 Å². The Hall–Kier alpha value is -2.05. The standard InChI is InChI=1S/C16H14ClN3/c17-14-4-2-13(3-5-14)16(7-8-16)11-20-15-6-1-12(9-18)10-19-15/h1-6,10H,7-8,11H2,(H,19,20). The van der Waals surface area contributed by atoms with Gasteiger partial charge < -0.3 is 5.32 Å². The molecule has 1 saturated carbocycles. The summed E-state index contributed by atoms with van der Waals surface area (Å²) in [6.07, 6.45) is 3.94. The van der Waals surface area contributed by atoms with Crippen molar-refractivity contribution in [3.63, 3.8) is 0 Å². The summed E-state index contributed by atoms with van der Waals surface area (Å²) >= 11 is 5.93. The molecule has 1 heterocycles. The van der Waals surface area contributed by atoms with Gasteiger partial charge in [0.1, 0.15) is 11.9 Å². The molecule has 1 aromatic carbocycles. The Morgan fingerprint density at radius 2 is 1.95 bits per heavy atom. The molecule has 100 valence electrons. The van der Waals surface area contributed by atoms with Crippen LogP contribution in [0.15, 0.2) is 42.6 Å². The van der Waals surface area contributed by atoms with Gasteiger partial charge in [-0.25, -0.2) is 4.98 Å². The topological polar surface area (TPSA) is 48.7 Å². The Labute approximate surface area is 123 Å². The maximum Gasteiger partial charge on any atom is 0.125 e. The normalized spacial score (nSPS) is 15.4. The molecule has 3 rings (SSSR count). The number of nitrogens with zero attached hydrogens (tertiary/aromatic N) is 2. The van der Waals surface area contributed by atoms with Gasteiger partial charge in [0.15, 0.2) is 0 Å². The minimum absolute atomic E-state index is 0.209. The van der Waals surface area contributed by atoms with Crippen molar-refractivity contribution in [2.75, 3.05) is 11.9 Å². The van der Waals surface area contributed by atoms with E-state index in [1.54, 1.807) is 12.3 Å². The minimum Gasteiger partial charge on any atom is -0.369 e. The summed E-state index contributed by atoms with van der Waals surface area (Å²) in [5.41, 5.74) is 2.11. The Morgan fingerprint density at radius 1 is 1.20 bits per heavy atom. The molecule has 1 aromatic heterocycles. The van der Waals surface area contributed by atoms with Crippen LogP contribution in [0.25, 0.3) is 0 Å². The van der Waals surface area contributed by atoms with Gasteiger partial charge in [0, 0.05) is 23.2 Å². The summed E-state index contributed by atoms with van der Waals surface area (Å²) in [5, 5.41) is 12.9. The summed E-state index contributed by atoms with van der Waals surface area (Å²) in [6.45, 7) is 0.855. The first-order valence-electron chi connectivity index (χ1n) is 6.58. The molecule has 0 radical (unpaired) electrons. The smallest absolute Gasteiger partial charge is 0.125 e. The molecule has 3 nitrogen and oxygen atoms in total. The predicted molar refractivity (Wildman–Crippen MR) is 79.8 cm³/mol. The van der Waals surface area contributed by atoms with E-state index < -0.39 is 0 Å². The maximum atomic E-state index is 8.75. The largest absolute Gasteiger partial charge is 0.369 e. The Morgan fingerprint density at radius 3 is 2.50 bits per heavy atom. The van der Waals surface area contributed by atoms with Crippen molar-refractivity contribution in [3.05, 3.63) is 58.7 Å². The van der Waals surface area contributed by atoms with Crippen molar-refractivity contribution in [2.24, 2.45) is 0 Å². The van der Waals surface area contributed by atoms with E-state index in [0.717, 1.165) is 17.4 Å². The number of hydrogen-bond acceptors (Lipinski definition) is 3. The third-order valence-corrected chi connectivity index (χ3v) is 4.06. The van der Waals surface area contributed by atoms with E-state index in [4.69, 9.17) is 16.9 Å².